The molecule has 4 heteroatoms. The van der Waals surface area contributed by atoms with Crippen LogP contribution in [0.5, 0.6) is 0 Å². The van der Waals surface area contributed by atoms with Crippen molar-refractivity contribution in [1.29, 1.82) is 5.26 Å². The van der Waals surface area contributed by atoms with Crippen molar-refractivity contribution >= 4 is 11.6 Å². The van der Waals surface area contributed by atoms with Gasteiger partial charge in [-0.05, 0) is 12.8 Å². The number of aryl methyl sites for hydroxylation is 1. The molecule has 0 N–H and O–H groups in total. The molecule has 1 heterocycles. The summed E-state index contributed by atoms with van der Waals surface area (Å²) in [4.78, 5) is 3.88. The Bertz CT molecular complexity index is 274. The number of hydrogen-bond donors (Lipinski definition) is 0. The maximum atomic E-state index is 8.60. The van der Waals surface area contributed by atoms with Gasteiger partial charge in [0.25, 0.3) is 0 Å². The zero-order valence-corrected chi connectivity index (χ0v) is 7.46. The lowest BCUT2D eigenvalue weighted by Gasteiger charge is -2.00. The van der Waals surface area contributed by atoms with Crippen LogP contribution in [0.2, 0.25) is 0 Å². The molecule has 0 atom stereocenters. The molecule has 1 aromatic heterocycles. The maximum Gasteiger partial charge on any atom is 0.212 e. The summed E-state index contributed by atoms with van der Waals surface area (Å²) in [6, 6.07) is 2.02. The number of imidazole rings is 1. The molecule has 3 nitrogen and oxygen atoms in total. The van der Waals surface area contributed by atoms with E-state index >= 15 is 0 Å². The van der Waals surface area contributed by atoms with Crippen molar-refractivity contribution in [2.75, 3.05) is 5.88 Å². The molecule has 0 aliphatic heterocycles. The average Bonchev–Trinajstić information content (AvgIpc) is 2.52. The van der Waals surface area contributed by atoms with E-state index in [0.29, 0.717) is 11.7 Å². The van der Waals surface area contributed by atoms with Crippen LogP contribution >= 0.6 is 11.6 Å². The van der Waals surface area contributed by atoms with Gasteiger partial charge >= 0.3 is 0 Å². The van der Waals surface area contributed by atoms with Crippen LogP contribution in [0.3, 0.4) is 0 Å². The molecular formula is C8H10ClN3. The van der Waals surface area contributed by atoms with Crippen LogP contribution in [-0.2, 0) is 6.54 Å². The van der Waals surface area contributed by atoms with Gasteiger partial charge in [0.2, 0.25) is 5.82 Å². The molecular weight excluding hydrogens is 174 g/mol. The summed E-state index contributed by atoms with van der Waals surface area (Å²) in [5, 5.41) is 8.60. The van der Waals surface area contributed by atoms with E-state index in [1.165, 1.54) is 0 Å². The second kappa shape index (κ2) is 4.78. The second-order valence-corrected chi connectivity index (χ2v) is 2.83. The van der Waals surface area contributed by atoms with Gasteiger partial charge in [0.15, 0.2) is 0 Å². The highest BCUT2D eigenvalue weighted by molar-refractivity contribution is 6.17. The molecule has 0 aromatic carbocycles. The monoisotopic (exact) mass is 183 g/mol. The molecule has 0 unspecified atom stereocenters. The summed E-state index contributed by atoms with van der Waals surface area (Å²) < 4.78 is 1.84. The third-order valence-corrected chi connectivity index (χ3v) is 1.87. The molecule has 1 aromatic rings. The first kappa shape index (κ1) is 9.08. The zero-order chi connectivity index (χ0) is 8.81. The summed E-state index contributed by atoms with van der Waals surface area (Å²) in [5.41, 5.74) is 0. The van der Waals surface area contributed by atoms with Crippen molar-refractivity contribution in [2.45, 2.75) is 19.4 Å². The Morgan fingerprint density at radius 3 is 3.08 bits per heavy atom. The van der Waals surface area contributed by atoms with Gasteiger partial charge in [-0.1, -0.05) is 0 Å². The first-order valence-corrected chi connectivity index (χ1v) is 4.39. The van der Waals surface area contributed by atoms with Gasteiger partial charge in [-0.15, -0.1) is 11.6 Å². The molecule has 64 valence electrons. The van der Waals surface area contributed by atoms with Crippen molar-refractivity contribution in [2.24, 2.45) is 0 Å². The number of nitriles is 1. The smallest absolute Gasteiger partial charge is 0.212 e. The van der Waals surface area contributed by atoms with Crippen LogP contribution in [0.1, 0.15) is 18.7 Å². The number of halogens is 1. The Morgan fingerprint density at radius 2 is 2.42 bits per heavy atom. The van der Waals surface area contributed by atoms with Gasteiger partial charge in [-0.2, -0.15) is 5.26 Å². The highest BCUT2D eigenvalue weighted by Gasteiger charge is 1.98. The Morgan fingerprint density at radius 1 is 1.58 bits per heavy atom. The molecule has 0 fully saturated rings. The highest BCUT2D eigenvalue weighted by atomic mass is 35.5. The minimum atomic E-state index is 0.476. The molecule has 0 amide bonds. The number of hydrogen-bond acceptors (Lipinski definition) is 2. The fourth-order valence-corrected chi connectivity index (χ4v) is 1.17. The van der Waals surface area contributed by atoms with Crippen molar-refractivity contribution in [1.82, 2.24) is 9.55 Å². The SMILES string of the molecule is N#Cc1nccn1CCCCCl. The third kappa shape index (κ3) is 2.24. The lowest BCUT2D eigenvalue weighted by Crippen LogP contribution is -1.99. The predicted molar refractivity (Wildman–Crippen MR) is 46.9 cm³/mol. The number of aromatic nitrogens is 2. The maximum absolute atomic E-state index is 8.60. The van der Waals surface area contributed by atoms with E-state index in [1.54, 1.807) is 6.20 Å². The lowest BCUT2D eigenvalue weighted by atomic mass is 10.3. The Kier molecular flexibility index (Phi) is 3.62. The van der Waals surface area contributed by atoms with Crippen LogP contribution in [-0.4, -0.2) is 15.4 Å². The third-order valence-electron chi connectivity index (χ3n) is 1.60. The molecule has 0 bridgehead atoms. The molecule has 0 aliphatic rings. The molecule has 12 heavy (non-hydrogen) atoms. The molecule has 0 saturated heterocycles. The van der Waals surface area contributed by atoms with Crippen LogP contribution in [0.15, 0.2) is 12.4 Å². The zero-order valence-electron chi connectivity index (χ0n) is 6.70. The van der Waals surface area contributed by atoms with Crippen LogP contribution in [0, 0.1) is 11.3 Å². The molecule has 0 aliphatic carbocycles. The van der Waals surface area contributed by atoms with Crippen LogP contribution < -0.4 is 0 Å². The van der Waals surface area contributed by atoms with Crippen molar-refractivity contribution < 1.29 is 0 Å². The van der Waals surface area contributed by atoms with Crippen molar-refractivity contribution in [3.05, 3.63) is 18.2 Å². The summed E-state index contributed by atoms with van der Waals surface area (Å²) in [6.07, 6.45) is 5.42. The minimum absolute atomic E-state index is 0.476. The van der Waals surface area contributed by atoms with Gasteiger partial charge in [-0.25, -0.2) is 4.98 Å². The second-order valence-electron chi connectivity index (χ2n) is 2.45. The van der Waals surface area contributed by atoms with E-state index in [1.807, 2.05) is 16.8 Å². The van der Waals surface area contributed by atoms with E-state index in [2.05, 4.69) is 4.98 Å². The van der Waals surface area contributed by atoms with Gasteiger partial charge < -0.3 is 4.57 Å². The molecule has 0 saturated carbocycles. The molecule has 0 radical (unpaired) electrons. The van der Waals surface area contributed by atoms with Gasteiger partial charge in [0.05, 0.1) is 0 Å². The standard InChI is InChI=1S/C8H10ClN3/c9-3-1-2-5-12-6-4-11-8(12)7-10/h4,6H,1-3,5H2. The van der Waals surface area contributed by atoms with Crippen LogP contribution in [0.25, 0.3) is 0 Å². The fourth-order valence-electron chi connectivity index (χ4n) is 0.979. The Balaban J connectivity index is 2.46. The van der Waals surface area contributed by atoms with Crippen molar-refractivity contribution in [3.63, 3.8) is 0 Å². The number of nitrogens with zero attached hydrogens (tertiary/aromatic N) is 3. The highest BCUT2D eigenvalue weighted by Crippen LogP contribution is 2.00. The lowest BCUT2D eigenvalue weighted by molar-refractivity contribution is 0.627. The Labute approximate surface area is 76.6 Å². The fraction of sp³-hybridized carbons (Fsp3) is 0.500. The summed E-state index contributed by atoms with van der Waals surface area (Å²) in [7, 11) is 0. The summed E-state index contributed by atoms with van der Waals surface area (Å²) >= 11 is 5.53. The topological polar surface area (TPSA) is 41.6 Å². The van der Waals surface area contributed by atoms with E-state index in [0.717, 1.165) is 19.4 Å². The minimum Gasteiger partial charge on any atom is -0.323 e. The van der Waals surface area contributed by atoms with E-state index in [-0.39, 0.29) is 0 Å². The van der Waals surface area contributed by atoms with Crippen LogP contribution in [0.4, 0.5) is 0 Å². The largest absolute Gasteiger partial charge is 0.323 e. The van der Waals surface area contributed by atoms with Gasteiger partial charge in [0.1, 0.15) is 6.07 Å². The normalized spacial score (nSPS) is 9.67. The van der Waals surface area contributed by atoms with E-state index < -0.39 is 0 Å². The van der Waals surface area contributed by atoms with Gasteiger partial charge in [-0.3, -0.25) is 0 Å². The van der Waals surface area contributed by atoms with Gasteiger partial charge in [0, 0.05) is 24.8 Å². The number of unbranched alkanes of at least 4 members (excludes halogenated alkanes) is 1. The molecule has 0 spiro atoms. The Hall–Kier alpha value is -1.01. The number of alkyl halides is 1. The summed E-state index contributed by atoms with van der Waals surface area (Å²) in [6.45, 7) is 0.829. The van der Waals surface area contributed by atoms with E-state index in [9.17, 15) is 0 Å². The van der Waals surface area contributed by atoms with E-state index in [4.69, 9.17) is 16.9 Å². The van der Waals surface area contributed by atoms with Crippen molar-refractivity contribution in [3.8, 4) is 6.07 Å². The predicted octanol–water partition coefficient (Wildman–Crippen LogP) is 1.77. The first-order valence-electron chi connectivity index (χ1n) is 3.85. The quantitative estimate of drug-likeness (QED) is 0.528. The number of rotatable bonds is 4. The molecule has 1 rings (SSSR count). The first-order chi connectivity index (χ1) is 5.88. The summed E-state index contributed by atoms with van der Waals surface area (Å²) in [5.74, 6) is 1.15. The average molecular weight is 184 g/mol.